The van der Waals surface area contributed by atoms with E-state index in [2.05, 4.69) is 9.97 Å². The van der Waals surface area contributed by atoms with Crippen molar-refractivity contribution in [2.24, 2.45) is 0 Å². The molecule has 0 aliphatic rings. The molecule has 6 heteroatoms. The largest absolute Gasteiger partial charge is 0.397 e. The van der Waals surface area contributed by atoms with Gasteiger partial charge in [-0.2, -0.15) is 0 Å². The van der Waals surface area contributed by atoms with Gasteiger partial charge in [0.15, 0.2) is 0 Å². The molecule has 1 aromatic heterocycles. The Morgan fingerprint density at radius 3 is 2.37 bits per heavy atom. The van der Waals surface area contributed by atoms with Crippen molar-refractivity contribution < 1.29 is 13.2 Å². The fraction of sp³-hybridized carbons (Fsp3) is 0. The molecule has 0 saturated heterocycles. The minimum absolute atomic E-state index is 0.0251. The summed E-state index contributed by atoms with van der Waals surface area (Å²) in [4.78, 5) is 6.81. The Morgan fingerprint density at radius 1 is 1.05 bits per heavy atom. The van der Waals surface area contributed by atoms with Gasteiger partial charge in [0.2, 0.25) is 0 Å². The quantitative estimate of drug-likeness (QED) is 0.662. The summed E-state index contributed by atoms with van der Waals surface area (Å²) in [6, 6.07) is 6.22. The van der Waals surface area contributed by atoms with Gasteiger partial charge in [0.1, 0.15) is 28.8 Å². The SMILES string of the molecule is Nc1cccc2[nH]c(-c3c(F)cc(F)cc3F)nc12. The van der Waals surface area contributed by atoms with E-state index < -0.39 is 23.0 Å². The molecular formula is C13H8F3N3. The van der Waals surface area contributed by atoms with Gasteiger partial charge in [0, 0.05) is 12.1 Å². The summed E-state index contributed by atoms with van der Waals surface area (Å²) in [6.45, 7) is 0. The second-order valence-corrected chi connectivity index (χ2v) is 4.07. The van der Waals surface area contributed by atoms with E-state index in [1.54, 1.807) is 18.2 Å². The van der Waals surface area contributed by atoms with Crippen LogP contribution in [0, 0.1) is 17.5 Å². The van der Waals surface area contributed by atoms with Gasteiger partial charge in [-0.1, -0.05) is 6.07 Å². The number of anilines is 1. The van der Waals surface area contributed by atoms with Crippen molar-refractivity contribution in [3.05, 3.63) is 47.8 Å². The molecule has 19 heavy (non-hydrogen) atoms. The Balaban J connectivity index is 2.28. The van der Waals surface area contributed by atoms with Crippen LogP contribution < -0.4 is 5.73 Å². The van der Waals surface area contributed by atoms with Crippen LogP contribution >= 0.6 is 0 Å². The third kappa shape index (κ3) is 1.81. The summed E-state index contributed by atoms with van der Waals surface area (Å²) in [7, 11) is 0. The lowest BCUT2D eigenvalue weighted by Crippen LogP contribution is -1.94. The molecule has 1 heterocycles. The van der Waals surface area contributed by atoms with E-state index in [4.69, 9.17) is 5.73 Å². The molecule has 0 radical (unpaired) electrons. The summed E-state index contributed by atoms with van der Waals surface area (Å²) in [6.07, 6.45) is 0. The van der Waals surface area contributed by atoms with Crippen molar-refractivity contribution in [3.8, 4) is 11.4 Å². The summed E-state index contributed by atoms with van der Waals surface area (Å²) >= 11 is 0. The third-order valence-electron chi connectivity index (χ3n) is 2.79. The van der Waals surface area contributed by atoms with Crippen LogP contribution in [0.2, 0.25) is 0 Å². The Morgan fingerprint density at radius 2 is 1.74 bits per heavy atom. The Bertz CT molecular complexity index is 757. The van der Waals surface area contributed by atoms with Gasteiger partial charge in [-0.15, -0.1) is 0 Å². The molecule has 3 nitrogen and oxygen atoms in total. The molecule has 3 N–H and O–H groups in total. The van der Waals surface area contributed by atoms with Crippen LogP contribution in [0.3, 0.4) is 0 Å². The summed E-state index contributed by atoms with van der Waals surface area (Å²) < 4.78 is 40.2. The molecule has 0 atom stereocenters. The molecule has 0 spiro atoms. The number of nitrogens with one attached hydrogen (secondary N) is 1. The van der Waals surface area contributed by atoms with Crippen LogP contribution in [0.15, 0.2) is 30.3 Å². The number of hydrogen-bond acceptors (Lipinski definition) is 2. The van der Waals surface area contributed by atoms with E-state index in [9.17, 15) is 13.2 Å². The van der Waals surface area contributed by atoms with Gasteiger partial charge in [0.25, 0.3) is 0 Å². The number of aromatic nitrogens is 2. The minimum Gasteiger partial charge on any atom is -0.397 e. The monoisotopic (exact) mass is 263 g/mol. The molecule has 0 unspecified atom stereocenters. The van der Waals surface area contributed by atoms with Crippen LogP contribution in [0.1, 0.15) is 0 Å². The first-order valence-electron chi connectivity index (χ1n) is 5.45. The van der Waals surface area contributed by atoms with Crippen LogP contribution in [0.25, 0.3) is 22.4 Å². The Labute approximate surface area is 105 Å². The second kappa shape index (κ2) is 4.01. The Hall–Kier alpha value is -2.50. The van der Waals surface area contributed by atoms with Gasteiger partial charge in [-0.25, -0.2) is 18.2 Å². The van der Waals surface area contributed by atoms with E-state index in [1.165, 1.54) is 0 Å². The number of rotatable bonds is 1. The van der Waals surface area contributed by atoms with Crippen molar-refractivity contribution in [2.45, 2.75) is 0 Å². The lowest BCUT2D eigenvalue weighted by molar-refractivity contribution is 0.547. The molecule has 0 saturated carbocycles. The van der Waals surface area contributed by atoms with Crippen molar-refractivity contribution >= 4 is 16.7 Å². The lowest BCUT2D eigenvalue weighted by Gasteiger charge is -2.01. The number of halogens is 3. The predicted molar refractivity (Wildman–Crippen MR) is 65.8 cm³/mol. The van der Waals surface area contributed by atoms with E-state index in [0.29, 0.717) is 28.9 Å². The zero-order valence-electron chi connectivity index (χ0n) is 9.55. The van der Waals surface area contributed by atoms with Gasteiger partial charge in [-0.3, -0.25) is 0 Å². The van der Waals surface area contributed by atoms with Crippen molar-refractivity contribution in [1.82, 2.24) is 9.97 Å². The third-order valence-corrected chi connectivity index (χ3v) is 2.79. The summed E-state index contributed by atoms with van der Waals surface area (Å²) in [5.74, 6) is -3.04. The molecule has 0 fully saturated rings. The van der Waals surface area contributed by atoms with E-state index in [0.717, 1.165) is 0 Å². The highest BCUT2D eigenvalue weighted by atomic mass is 19.1. The zero-order valence-corrected chi connectivity index (χ0v) is 9.55. The highest BCUT2D eigenvalue weighted by Crippen LogP contribution is 2.28. The first-order valence-corrected chi connectivity index (χ1v) is 5.45. The maximum absolute atomic E-state index is 13.7. The normalized spacial score (nSPS) is 11.1. The van der Waals surface area contributed by atoms with Gasteiger partial charge < -0.3 is 10.7 Å². The smallest absolute Gasteiger partial charge is 0.144 e. The molecule has 96 valence electrons. The average molecular weight is 263 g/mol. The fourth-order valence-corrected chi connectivity index (χ4v) is 1.94. The number of hydrogen-bond donors (Lipinski definition) is 2. The highest BCUT2D eigenvalue weighted by molar-refractivity contribution is 5.89. The highest BCUT2D eigenvalue weighted by Gasteiger charge is 2.17. The van der Waals surface area contributed by atoms with Gasteiger partial charge in [0.05, 0.1) is 16.8 Å². The zero-order chi connectivity index (χ0) is 13.6. The van der Waals surface area contributed by atoms with E-state index in [1.807, 2.05) is 0 Å². The lowest BCUT2D eigenvalue weighted by atomic mass is 10.2. The molecule has 2 aromatic carbocycles. The number of para-hydroxylation sites is 1. The molecule has 0 amide bonds. The predicted octanol–water partition coefficient (Wildman–Crippen LogP) is 3.23. The first kappa shape index (κ1) is 11.6. The number of nitrogen functional groups attached to an aromatic ring is 1. The molecule has 3 aromatic rings. The van der Waals surface area contributed by atoms with Crippen molar-refractivity contribution in [2.75, 3.05) is 5.73 Å². The summed E-state index contributed by atoms with van der Waals surface area (Å²) in [5.41, 5.74) is 6.67. The second-order valence-electron chi connectivity index (χ2n) is 4.07. The number of aromatic amines is 1. The molecule has 3 rings (SSSR count). The topological polar surface area (TPSA) is 54.7 Å². The standard InChI is InChI=1S/C13H8F3N3/c14-6-4-7(15)11(8(16)5-6)13-18-10-3-1-2-9(17)12(10)19-13/h1-5H,17H2,(H,18,19). The molecule has 0 aliphatic carbocycles. The number of nitrogens with zero attached hydrogens (tertiary/aromatic N) is 1. The van der Waals surface area contributed by atoms with E-state index >= 15 is 0 Å². The van der Waals surface area contributed by atoms with Crippen LogP contribution in [0.5, 0.6) is 0 Å². The molecule has 0 bridgehead atoms. The van der Waals surface area contributed by atoms with Crippen LogP contribution in [0.4, 0.5) is 18.9 Å². The van der Waals surface area contributed by atoms with Gasteiger partial charge >= 0.3 is 0 Å². The first-order chi connectivity index (χ1) is 9.06. The minimum atomic E-state index is -1.02. The van der Waals surface area contributed by atoms with E-state index in [-0.39, 0.29) is 5.82 Å². The van der Waals surface area contributed by atoms with Gasteiger partial charge in [-0.05, 0) is 12.1 Å². The Kier molecular flexibility index (Phi) is 2.45. The number of benzene rings is 2. The average Bonchev–Trinajstić information content (AvgIpc) is 2.72. The summed E-state index contributed by atoms with van der Waals surface area (Å²) in [5, 5.41) is 0. The van der Waals surface area contributed by atoms with Crippen molar-refractivity contribution in [3.63, 3.8) is 0 Å². The molecular weight excluding hydrogens is 255 g/mol. The van der Waals surface area contributed by atoms with Crippen LogP contribution in [-0.4, -0.2) is 9.97 Å². The fourth-order valence-electron chi connectivity index (χ4n) is 1.94. The van der Waals surface area contributed by atoms with Crippen LogP contribution in [-0.2, 0) is 0 Å². The maximum atomic E-state index is 13.7. The number of H-pyrrole nitrogens is 1. The number of imidazole rings is 1. The number of nitrogens with two attached hydrogens (primary N) is 1. The molecule has 0 aliphatic heterocycles. The number of fused-ring (bicyclic) bond motifs is 1. The van der Waals surface area contributed by atoms with Crippen molar-refractivity contribution in [1.29, 1.82) is 0 Å². The maximum Gasteiger partial charge on any atom is 0.144 e.